The van der Waals surface area contributed by atoms with E-state index in [1.165, 1.54) is 0 Å². The smallest absolute Gasteiger partial charge is 0.306 e. The van der Waals surface area contributed by atoms with Crippen molar-refractivity contribution in [2.75, 3.05) is 0 Å². The molecule has 0 aromatic heterocycles. The Balaban J connectivity index is 2.65. The molecule has 0 N–H and O–H groups in total. The molecule has 3 heteroatoms. The Kier molecular flexibility index (Phi) is 4.82. The Labute approximate surface area is 98.8 Å². The van der Waals surface area contributed by atoms with E-state index in [0.717, 1.165) is 16.5 Å². The number of halogens is 1. The van der Waals surface area contributed by atoms with Crippen LogP contribution in [0, 0.1) is 0 Å². The molecule has 0 aliphatic carbocycles. The average Bonchev–Trinajstić information content (AvgIpc) is 2.18. The molecular formula is C12H15BrO2. The quantitative estimate of drug-likeness (QED) is 0.777. The van der Waals surface area contributed by atoms with Crippen LogP contribution < -0.4 is 0 Å². The van der Waals surface area contributed by atoms with Gasteiger partial charge in [-0.25, -0.2) is 0 Å². The van der Waals surface area contributed by atoms with Gasteiger partial charge in [0.05, 0.1) is 0 Å². The highest BCUT2D eigenvalue weighted by Gasteiger charge is 2.12. The lowest BCUT2D eigenvalue weighted by Crippen LogP contribution is -2.08. The average molecular weight is 271 g/mol. The minimum atomic E-state index is -0.195. The van der Waals surface area contributed by atoms with Crippen molar-refractivity contribution in [2.24, 2.45) is 0 Å². The highest BCUT2D eigenvalue weighted by atomic mass is 79.9. The van der Waals surface area contributed by atoms with Gasteiger partial charge in [0.15, 0.2) is 0 Å². The van der Waals surface area contributed by atoms with Crippen molar-refractivity contribution in [3.05, 3.63) is 34.3 Å². The summed E-state index contributed by atoms with van der Waals surface area (Å²) in [5.41, 5.74) is 1.00. The van der Waals surface area contributed by atoms with E-state index < -0.39 is 0 Å². The molecule has 1 aromatic rings. The minimum Gasteiger partial charge on any atom is -0.458 e. The summed E-state index contributed by atoms with van der Waals surface area (Å²) in [6.45, 7) is 3.85. The molecule has 0 saturated heterocycles. The lowest BCUT2D eigenvalue weighted by atomic mass is 10.1. The minimum absolute atomic E-state index is 0.138. The van der Waals surface area contributed by atoms with Crippen LogP contribution >= 0.6 is 15.9 Å². The van der Waals surface area contributed by atoms with Crippen molar-refractivity contribution in [3.8, 4) is 0 Å². The third-order valence-electron chi connectivity index (χ3n) is 2.11. The monoisotopic (exact) mass is 270 g/mol. The first-order chi connectivity index (χ1) is 7.15. The fourth-order valence-corrected chi connectivity index (χ4v) is 1.94. The molecule has 0 amide bonds. The predicted octanol–water partition coefficient (Wildman–Crippen LogP) is 3.85. The van der Waals surface area contributed by atoms with Crippen LogP contribution in [0.2, 0.25) is 0 Å². The topological polar surface area (TPSA) is 26.3 Å². The van der Waals surface area contributed by atoms with Gasteiger partial charge in [-0.1, -0.05) is 41.1 Å². The van der Waals surface area contributed by atoms with Crippen LogP contribution in [-0.4, -0.2) is 5.97 Å². The normalized spacial score (nSPS) is 12.2. The summed E-state index contributed by atoms with van der Waals surface area (Å²) >= 11 is 3.43. The SMILES string of the molecule is CCCC(=O)O[C@H](C)c1ccccc1Br. The molecule has 0 saturated carbocycles. The Morgan fingerprint density at radius 2 is 2.13 bits per heavy atom. The van der Waals surface area contributed by atoms with Gasteiger partial charge < -0.3 is 4.74 Å². The standard InChI is InChI=1S/C12H15BrO2/c1-3-6-12(14)15-9(2)10-7-4-5-8-11(10)13/h4-5,7-9H,3,6H2,1-2H3/t9-/m1/s1. The third-order valence-corrected chi connectivity index (χ3v) is 2.83. The van der Waals surface area contributed by atoms with Gasteiger partial charge >= 0.3 is 5.97 Å². The van der Waals surface area contributed by atoms with E-state index in [1.807, 2.05) is 38.1 Å². The van der Waals surface area contributed by atoms with E-state index in [4.69, 9.17) is 4.74 Å². The number of carbonyl (C=O) groups excluding carboxylic acids is 1. The second-order valence-corrected chi connectivity index (χ2v) is 4.26. The summed E-state index contributed by atoms with van der Waals surface area (Å²) in [7, 11) is 0. The zero-order chi connectivity index (χ0) is 11.3. The maximum Gasteiger partial charge on any atom is 0.306 e. The van der Waals surface area contributed by atoms with Gasteiger partial charge in [-0.15, -0.1) is 0 Å². The number of rotatable bonds is 4. The van der Waals surface area contributed by atoms with Gasteiger partial charge in [0.25, 0.3) is 0 Å². The molecule has 0 spiro atoms. The fraction of sp³-hybridized carbons (Fsp3) is 0.417. The van der Waals surface area contributed by atoms with Gasteiger partial charge in [0, 0.05) is 16.5 Å². The predicted molar refractivity (Wildman–Crippen MR) is 63.6 cm³/mol. The molecule has 0 bridgehead atoms. The summed E-state index contributed by atoms with van der Waals surface area (Å²) < 4.78 is 6.26. The van der Waals surface area contributed by atoms with E-state index in [1.54, 1.807) is 0 Å². The van der Waals surface area contributed by atoms with E-state index in [0.29, 0.717) is 6.42 Å². The first kappa shape index (κ1) is 12.2. The lowest BCUT2D eigenvalue weighted by Gasteiger charge is -2.14. The van der Waals surface area contributed by atoms with Gasteiger partial charge in [-0.2, -0.15) is 0 Å². The number of ether oxygens (including phenoxy) is 1. The zero-order valence-electron chi connectivity index (χ0n) is 9.00. The number of hydrogen-bond donors (Lipinski definition) is 0. The molecule has 0 radical (unpaired) electrons. The Bertz CT molecular complexity index is 336. The van der Waals surface area contributed by atoms with Crippen molar-refractivity contribution in [1.82, 2.24) is 0 Å². The molecule has 0 unspecified atom stereocenters. The maximum atomic E-state index is 11.3. The summed E-state index contributed by atoms with van der Waals surface area (Å²) in [4.78, 5) is 11.3. The van der Waals surface area contributed by atoms with Crippen molar-refractivity contribution in [1.29, 1.82) is 0 Å². The number of esters is 1. The molecule has 1 atom stereocenters. The second kappa shape index (κ2) is 5.91. The van der Waals surface area contributed by atoms with E-state index in [-0.39, 0.29) is 12.1 Å². The van der Waals surface area contributed by atoms with Crippen LogP contribution in [0.1, 0.15) is 38.4 Å². The molecule has 1 aromatic carbocycles. The summed E-state index contributed by atoms with van der Waals surface area (Å²) in [5, 5.41) is 0. The van der Waals surface area contributed by atoms with Gasteiger partial charge in [-0.05, 0) is 19.4 Å². The maximum absolute atomic E-state index is 11.3. The molecule has 82 valence electrons. The highest BCUT2D eigenvalue weighted by molar-refractivity contribution is 9.10. The first-order valence-electron chi connectivity index (χ1n) is 5.09. The summed E-state index contributed by atoms with van der Waals surface area (Å²) in [6, 6.07) is 7.77. The molecule has 1 rings (SSSR count). The number of benzene rings is 1. The zero-order valence-corrected chi connectivity index (χ0v) is 10.6. The van der Waals surface area contributed by atoms with Crippen molar-refractivity contribution >= 4 is 21.9 Å². The molecule has 0 heterocycles. The van der Waals surface area contributed by atoms with Crippen molar-refractivity contribution in [3.63, 3.8) is 0 Å². The summed E-state index contributed by atoms with van der Waals surface area (Å²) in [5.74, 6) is -0.138. The molecule has 0 aliphatic rings. The summed E-state index contributed by atoms with van der Waals surface area (Å²) in [6.07, 6.45) is 1.11. The highest BCUT2D eigenvalue weighted by Crippen LogP contribution is 2.25. The van der Waals surface area contributed by atoms with Crippen molar-refractivity contribution in [2.45, 2.75) is 32.8 Å². The van der Waals surface area contributed by atoms with Crippen LogP contribution in [0.4, 0.5) is 0 Å². The fourth-order valence-electron chi connectivity index (χ4n) is 1.33. The van der Waals surface area contributed by atoms with Gasteiger partial charge in [0.1, 0.15) is 6.10 Å². The van der Waals surface area contributed by atoms with Crippen LogP contribution in [0.25, 0.3) is 0 Å². The molecule has 0 aliphatic heterocycles. The van der Waals surface area contributed by atoms with E-state index >= 15 is 0 Å². The van der Waals surface area contributed by atoms with E-state index in [2.05, 4.69) is 15.9 Å². The van der Waals surface area contributed by atoms with Crippen LogP contribution in [0.15, 0.2) is 28.7 Å². The van der Waals surface area contributed by atoms with Crippen LogP contribution in [0.3, 0.4) is 0 Å². The largest absolute Gasteiger partial charge is 0.458 e. The Morgan fingerprint density at radius 1 is 1.47 bits per heavy atom. The van der Waals surface area contributed by atoms with Crippen LogP contribution in [-0.2, 0) is 9.53 Å². The Morgan fingerprint density at radius 3 is 2.73 bits per heavy atom. The molecule has 15 heavy (non-hydrogen) atoms. The second-order valence-electron chi connectivity index (χ2n) is 3.40. The first-order valence-corrected chi connectivity index (χ1v) is 5.88. The third kappa shape index (κ3) is 3.67. The molecule has 0 fully saturated rings. The van der Waals surface area contributed by atoms with Gasteiger partial charge in [0.2, 0.25) is 0 Å². The molecular weight excluding hydrogens is 256 g/mol. The lowest BCUT2D eigenvalue weighted by molar-refractivity contribution is -0.148. The number of hydrogen-bond acceptors (Lipinski definition) is 2. The number of carbonyl (C=O) groups is 1. The molecule has 2 nitrogen and oxygen atoms in total. The van der Waals surface area contributed by atoms with Crippen LogP contribution in [0.5, 0.6) is 0 Å². The Hall–Kier alpha value is -0.830. The van der Waals surface area contributed by atoms with Gasteiger partial charge in [-0.3, -0.25) is 4.79 Å². The van der Waals surface area contributed by atoms with Crippen molar-refractivity contribution < 1.29 is 9.53 Å². The van der Waals surface area contributed by atoms with E-state index in [9.17, 15) is 4.79 Å².